The normalized spacial score (nSPS) is 31.2. The Labute approximate surface area is 96.6 Å². The Bertz CT molecular complexity index is 402. The van der Waals surface area contributed by atoms with Crippen molar-refractivity contribution in [2.75, 3.05) is 0 Å². The first-order chi connectivity index (χ1) is 6.83. The second-order valence-corrected chi connectivity index (χ2v) is 13.8. The van der Waals surface area contributed by atoms with E-state index in [-0.39, 0.29) is 0 Å². The van der Waals surface area contributed by atoms with E-state index in [0.29, 0.717) is 0 Å². The van der Waals surface area contributed by atoms with Gasteiger partial charge in [-0.05, 0) is 26.2 Å². The minimum atomic E-state index is -4.30. The molecule has 16 heavy (non-hydrogen) atoms. The van der Waals surface area contributed by atoms with Crippen molar-refractivity contribution in [1.82, 2.24) is 0 Å². The molecule has 0 spiro atoms. The molecule has 0 aromatic rings. The third-order valence-corrected chi connectivity index (χ3v) is 10.9. The Morgan fingerprint density at radius 2 is 0.812 bits per heavy atom. The molecule has 1 saturated heterocycles. The predicted octanol–water partition coefficient (Wildman–Crippen LogP) is -0.0404. The smallest absolute Gasteiger partial charge is 0.263 e. The predicted molar refractivity (Wildman–Crippen MR) is 57.1 cm³/mol. The molecule has 0 aliphatic carbocycles. The lowest BCUT2D eigenvalue weighted by Gasteiger charge is -2.29. The van der Waals surface area contributed by atoms with Crippen LogP contribution < -0.4 is 0 Å². The van der Waals surface area contributed by atoms with Crippen LogP contribution in [0.5, 0.6) is 0 Å². The van der Waals surface area contributed by atoms with Crippen LogP contribution in [0.3, 0.4) is 0 Å². The van der Waals surface area contributed by atoms with Crippen LogP contribution in [0, 0.1) is 0 Å². The lowest BCUT2D eigenvalue weighted by atomic mass is 11.9. The van der Waals surface area contributed by atoms with Crippen molar-refractivity contribution in [1.29, 1.82) is 0 Å². The van der Waals surface area contributed by atoms with Crippen molar-refractivity contribution >= 4 is 37.9 Å². The fourth-order valence-corrected chi connectivity index (χ4v) is 10.5. The summed E-state index contributed by atoms with van der Waals surface area (Å²) in [5.74, 6) is 0. The average Bonchev–Trinajstić information content (AvgIpc) is 1.67. The van der Waals surface area contributed by atoms with Crippen molar-refractivity contribution in [3.8, 4) is 0 Å². The summed E-state index contributed by atoms with van der Waals surface area (Å²) in [6.07, 6.45) is 0. The molecule has 0 aromatic carbocycles. The number of hydrogen-bond acceptors (Lipinski definition) is 8. The SMILES string of the molecule is C[Si]1(C)OS(=O)(=O)O[Si](C)(C)OS(=O)(=O)O1. The minimum Gasteiger partial charge on any atom is -0.263 e. The summed E-state index contributed by atoms with van der Waals surface area (Å²) in [5, 5.41) is 0. The fraction of sp³-hybridized carbons (Fsp3) is 1.00. The van der Waals surface area contributed by atoms with Gasteiger partial charge in [-0.3, -0.25) is 15.5 Å². The highest BCUT2D eigenvalue weighted by Gasteiger charge is 2.48. The topological polar surface area (TPSA) is 105 Å². The summed E-state index contributed by atoms with van der Waals surface area (Å²) in [5.41, 5.74) is 0. The third-order valence-electron chi connectivity index (χ3n) is 1.21. The average molecular weight is 308 g/mol. The van der Waals surface area contributed by atoms with Crippen LogP contribution in [0.15, 0.2) is 0 Å². The summed E-state index contributed by atoms with van der Waals surface area (Å²) in [6, 6.07) is 0. The monoisotopic (exact) mass is 308 g/mol. The minimum absolute atomic E-state index is 1.24. The molecule has 0 atom stereocenters. The molecule has 1 aliphatic rings. The van der Waals surface area contributed by atoms with Gasteiger partial charge < -0.3 is 0 Å². The first-order valence-corrected chi connectivity index (χ1v) is 12.4. The van der Waals surface area contributed by atoms with E-state index in [1.807, 2.05) is 0 Å². The Morgan fingerprint density at radius 1 is 0.625 bits per heavy atom. The maximum atomic E-state index is 11.3. The highest BCUT2D eigenvalue weighted by Crippen LogP contribution is 2.25. The van der Waals surface area contributed by atoms with E-state index in [1.165, 1.54) is 26.2 Å². The lowest BCUT2D eigenvalue weighted by Crippen LogP contribution is -2.50. The number of hydrogen-bond donors (Lipinski definition) is 0. The first kappa shape index (κ1) is 14.2. The Kier molecular flexibility index (Phi) is 3.42. The van der Waals surface area contributed by atoms with Gasteiger partial charge in [-0.15, -0.1) is 0 Å². The van der Waals surface area contributed by atoms with E-state index in [0.717, 1.165) is 0 Å². The molecule has 0 aromatic heterocycles. The van der Waals surface area contributed by atoms with Crippen LogP contribution in [0.25, 0.3) is 0 Å². The van der Waals surface area contributed by atoms with E-state index < -0.39 is 37.9 Å². The van der Waals surface area contributed by atoms with Crippen LogP contribution in [0.1, 0.15) is 0 Å². The quantitative estimate of drug-likeness (QED) is 0.574. The maximum Gasteiger partial charge on any atom is 0.384 e. The van der Waals surface area contributed by atoms with Crippen molar-refractivity contribution < 1.29 is 32.3 Å². The molecule has 0 bridgehead atoms. The van der Waals surface area contributed by atoms with Crippen LogP contribution in [0.4, 0.5) is 0 Å². The lowest BCUT2D eigenvalue weighted by molar-refractivity contribution is 0.272. The summed E-state index contributed by atoms with van der Waals surface area (Å²) >= 11 is 0. The Hall–Kier alpha value is 0.174. The van der Waals surface area contributed by atoms with Gasteiger partial charge in [0.25, 0.3) is 0 Å². The first-order valence-electron chi connectivity index (χ1n) is 4.15. The summed E-state index contributed by atoms with van der Waals surface area (Å²) in [6.45, 7) is 4.98. The molecule has 8 nitrogen and oxygen atoms in total. The summed E-state index contributed by atoms with van der Waals surface area (Å²) in [7, 11) is -15.4. The largest absolute Gasteiger partial charge is 0.384 e. The van der Waals surface area contributed by atoms with Crippen LogP contribution in [0.2, 0.25) is 26.2 Å². The summed E-state index contributed by atoms with van der Waals surface area (Å²) in [4.78, 5) is 0. The zero-order valence-corrected chi connectivity index (χ0v) is 12.7. The second kappa shape index (κ2) is 3.84. The molecular weight excluding hydrogens is 296 g/mol. The molecule has 0 radical (unpaired) electrons. The van der Waals surface area contributed by atoms with Crippen molar-refractivity contribution in [2.24, 2.45) is 0 Å². The number of rotatable bonds is 0. The molecule has 0 saturated carbocycles. The van der Waals surface area contributed by atoms with Gasteiger partial charge in [0.2, 0.25) is 0 Å². The van der Waals surface area contributed by atoms with Gasteiger partial charge in [-0.25, -0.2) is 0 Å². The summed E-state index contributed by atoms with van der Waals surface area (Å²) < 4.78 is 63.7. The second-order valence-electron chi connectivity index (χ2n) is 3.95. The van der Waals surface area contributed by atoms with Gasteiger partial charge >= 0.3 is 37.9 Å². The Balaban J connectivity index is 3.18. The molecule has 1 fully saturated rings. The van der Waals surface area contributed by atoms with Gasteiger partial charge in [0.15, 0.2) is 0 Å². The van der Waals surface area contributed by atoms with Crippen LogP contribution in [-0.4, -0.2) is 34.0 Å². The highest BCUT2D eigenvalue weighted by atomic mass is 32.3. The molecule has 96 valence electrons. The van der Waals surface area contributed by atoms with Gasteiger partial charge in [0.1, 0.15) is 0 Å². The molecule has 0 N–H and O–H groups in total. The maximum absolute atomic E-state index is 11.3. The van der Waals surface area contributed by atoms with E-state index in [4.69, 9.17) is 0 Å². The van der Waals surface area contributed by atoms with Gasteiger partial charge in [-0.2, -0.15) is 16.8 Å². The van der Waals surface area contributed by atoms with Crippen molar-refractivity contribution in [3.05, 3.63) is 0 Å². The zero-order chi connectivity index (χ0) is 12.8. The highest BCUT2D eigenvalue weighted by molar-refractivity contribution is 7.87. The third kappa shape index (κ3) is 4.21. The molecule has 1 heterocycles. The molecular formula is C4H12O8S2Si2. The molecule has 12 heteroatoms. The molecule has 0 unspecified atom stereocenters. The van der Waals surface area contributed by atoms with Crippen molar-refractivity contribution in [2.45, 2.75) is 26.2 Å². The van der Waals surface area contributed by atoms with Crippen LogP contribution in [-0.2, 0) is 36.3 Å². The zero-order valence-electron chi connectivity index (χ0n) is 9.08. The molecule has 0 amide bonds. The fourth-order valence-electron chi connectivity index (χ4n) is 1.04. The van der Waals surface area contributed by atoms with E-state index in [1.54, 1.807) is 0 Å². The van der Waals surface area contributed by atoms with Gasteiger partial charge in [0, 0.05) is 0 Å². The van der Waals surface area contributed by atoms with Crippen LogP contribution >= 0.6 is 0 Å². The standard InChI is InChI=1S/C4H12O8S2Si2/c1-15(2)9-13(5,6)11-16(3,4)12-14(7,8)10-15/h1-4H3. The van der Waals surface area contributed by atoms with Gasteiger partial charge in [0.05, 0.1) is 0 Å². The Morgan fingerprint density at radius 3 is 1.00 bits per heavy atom. The van der Waals surface area contributed by atoms with Gasteiger partial charge in [-0.1, -0.05) is 0 Å². The molecule has 1 rings (SSSR count). The van der Waals surface area contributed by atoms with Crippen molar-refractivity contribution in [3.63, 3.8) is 0 Å². The van der Waals surface area contributed by atoms with E-state index >= 15 is 0 Å². The van der Waals surface area contributed by atoms with E-state index in [2.05, 4.69) is 15.5 Å². The molecule has 1 aliphatic heterocycles. The van der Waals surface area contributed by atoms with E-state index in [9.17, 15) is 16.8 Å².